The second-order valence-electron chi connectivity index (χ2n) is 5.34. The molecule has 128 valence electrons. The molecule has 0 aliphatic heterocycles. The molecular formula is C18H19N5O2. The van der Waals surface area contributed by atoms with Crippen LogP contribution in [0.25, 0.3) is 0 Å². The predicted molar refractivity (Wildman–Crippen MR) is 92.1 cm³/mol. The SMILES string of the molecule is CCOc1ncccc1C(=O)N[C@H](Cn1cncn1)c1ccccc1. The summed E-state index contributed by atoms with van der Waals surface area (Å²) in [6.45, 7) is 2.77. The summed E-state index contributed by atoms with van der Waals surface area (Å²) in [4.78, 5) is 20.9. The number of nitrogens with zero attached hydrogens (tertiary/aromatic N) is 4. The van der Waals surface area contributed by atoms with Crippen molar-refractivity contribution >= 4 is 5.91 Å². The van der Waals surface area contributed by atoms with Crippen molar-refractivity contribution in [3.05, 3.63) is 72.4 Å². The Morgan fingerprint density at radius 3 is 2.80 bits per heavy atom. The fourth-order valence-electron chi connectivity index (χ4n) is 2.49. The van der Waals surface area contributed by atoms with Crippen molar-refractivity contribution in [1.82, 2.24) is 25.1 Å². The molecule has 3 rings (SSSR count). The Balaban J connectivity index is 1.83. The maximum absolute atomic E-state index is 12.8. The van der Waals surface area contributed by atoms with E-state index in [0.29, 0.717) is 24.6 Å². The first-order chi connectivity index (χ1) is 12.3. The number of carbonyl (C=O) groups is 1. The molecule has 25 heavy (non-hydrogen) atoms. The number of benzene rings is 1. The summed E-state index contributed by atoms with van der Waals surface area (Å²) in [7, 11) is 0. The van der Waals surface area contributed by atoms with Gasteiger partial charge >= 0.3 is 0 Å². The second-order valence-corrected chi connectivity index (χ2v) is 5.34. The van der Waals surface area contributed by atoms with Gasteiger partial charge in [-0.3, -0.25) is 9.48 Å². The first-order valence-corrected chi connectivity index (χ1v) is 8.04. The highest BCUT2D eigenvalue weighted by Gasteiger charge is 2.19. The van der Waals surface area contributed by atoms with Gasteiger partial charge in [-0.1, -0.05) is 30.3 Å². The minimum Gasteiger partial charge on any atom is -0.477 e. The third kappa shape index (κ3) is 4.20. The van der Waals surface area contributed by atoms with E-state index in [0.717, 1.165) is 5.56 Å². The monoisotopic (exact) mass is 337 g/mol. The lowest BCUT2D eigenvalue weighted by Crippen LogP contribution is -2.32. The number of rotatable bonds is 7. The van der Waals surface area contributed by atoms with Crippen LogP contribution in [-0.4, -0.2) is 32.3 Å². The van der Waals surface area contributed by atoms with Crippen LogP contribution in [0.4, 0.5) is 0 Å². The summed E-state index contributed by atoms with van der Waals surface area (Å²) < 4.78 is 7.14. The van der Waals surface area contributed by atoms with Gasteiger partial charge in [0.1, 0.15) is 18.2 Å². The molecule has 0 fully saturated rings. The van der Waals surface area contributed by atoms with Crippen LogP contribution in [0, 0.1) is 0 Å². The maximum Gasteiger partial charge on any atom is 0.257 e. The molecule has 0 saturated heterocycles. The molecule has 1 N–H and O–H groups in total. The minimum atomic E-state index is -0.259. The highest BCUT2D eigenvalue weighted by Crippen LogP contribution is 2.19. The number of hydrogen-bond donors (Lipinski definition) is 1. The summed E-state index contributed by atoms with van der Waals surface area (Å²) in [6.07, 6.45) is 4.70. The van der Waals surface area contributed by atoms with Crippen molar-refractivity contribution in [2.45, 2.75) is 19.5 Å². The van der Waals surface area contributed by atoms with Crippen molar-refractivity contribution in [3.8, 4) is 5.88 Å². The lowest BCUT2D eigenvalue weighted by Gasteiger charge is -2.19. The van der Waals surface area contributed by atoms with Crippen molar-refractivity contribution in [1.29, 1.82) is 0 Å². The third-order valence-electron chi connectivity index (χ3n) is 3.64. The van der Waals surface area contributed by atoms with Gasteiger partial charge in [0.15, 0.2) is 0 Å². The molecule has 3 aromatic rings. The molecule has 2 heterocycles. The predicted octanol–water partition coefficient (Wildman–Crippen LogP) is 2.24. The topological polar surface area (TPSA) is 81.9 Å². The molecule has 0 aliphatic rings. The Bertz CT molecular complexity index is 805. The van der Waals surface area contributed by atoms with Gasteiger partial charge in [0, 0.05) is 6.20 Å². The Labute approximate surface area is 145 Å². The summed E-state index contributed by atoms with van der Waals surface area (Å²) in [5.74, 6) is 0.0839. The molecule has 7 heteroatoms. The molecule has 2 aromatic heterocycles. The van der Waals surface area contributed by atoms with Crippen LogP contribution in [0.15, 0.2) is 61.3 Å². The summed E-state index contributed by atoms with van der Waals surface area (Å²) in [5.41, 5.74) is 1.39. The average Bonchev–Trinajstić information content (AvgIpc) is 3.16. The molecule has 0 unspecified atom stereocenters. The Hall–Kier alpha value is -3.22. The van der Waals surface area contributed by atoms with E-state index in [1.807, 2.05) is 37.3 Å². The molecule has 0 aliphatic carbocycles. The van der Waals surface area contributed by atoms with E-state index in [-0.39, 0.29) is 11.9 Å². The molecule has 0 spiro atoms. The van der Waals surface area contributed by atoms with Crippen LogP contribution in [0.1, 0.15) is 28.9 Å². The summed E-state index contributed by atoms with van der Waals surface area (Å²) in [6, 6.07) is 12.9. The number of ether oxygens (including phenoxy) is 1. The smallest absolute Gasteiger partial charge is 0.257 e. The van der Waals surface area contributed by atoms with Gasteiger partial charge in [0.05, 0.1) is 19.2 Å². The molecule has 1 amide bonds. The van der Waals surface area contributed by atoms with Gasteiger partial charge < -0.3 is 10.1 Å². The first-order valence-electron chi connectivity index (χ1n) is 8.04. The van der Waals surface area contributed by atoms with Gasteiger partial charge in [-0.2, -0.15) is 5.10 Å². The van der Waals surface area contributed by atoms with Gasteiger partial charge in [-0.05, 0) is 24.6 Å². The third-order valence-corrected chi connectivity index (χ3v) is 3.64. The van der Waals surface area contributed by atoms with Crippen molar-refractivity contribution in [2.75, 3.05) is 6.61 Å². The molecule has 0 radical (unpaired) electrons. The zero-order valence-corrected chi connectivity index (χ0v) is 13.9. The largest absolute Gasteiger partial charge is 0.477 e. The first kappa shape index (κ1) is 16.6. The number of carbonyl (C=O) groups excluding carboxylic acids is 1. The lowest BCUT2D eigenvalue weighted by atomic mass is 10.1. The highest BCUT2D eigenvalue weighted by atomic mass is 16.5. The summed E-state index contributed by atoms with van der Waals surface area (Å²) in [5, 5.41) is 7.16. The van der Waals surface area contributed by atoms with E-state index in [2.05, 4.69) is 20.4 Å². The van der Waals surface area contributed by atoms with Crippen LogP contribution in [0.3, 0.4) is 0 Å². The molecule has 7 nitrogen and oxygen atoms in total. The number of nitrogens with one attached hydrogen (secondary N) is 1. The molecular weight excluding hydrogens is 318 g/mol. The van der Waals surface area contributed by atoms with Crippen LogP contribution in [0.2, 0.25) is 0 Å². The molecule has 0 saturated carbocycles. The standard InChI is InChI=1S/C18H19N5O2/c1-2-25-18-15(9-6-10-20-18)17(24)22-16(11-23-13-19-12-21-23)14-7-4-3-5-8-14/h3-10,12-13,16H,2,11H2,1H3,(H,22,24)/t16-/m1/s1. The molecule has 0 bridgehead atoms. The van der Waals surface area contributed by atoms with E-state index < -0.39 is 0 Å². The fourth-order valence-corrected chi connectivity index (χ4v) is 2.49. The van der Waals surface area contributed by atoms with Crippen LogP contribution in [0.5, 0.6) is 5.88 Å². The molecule has 1 aromatic carbocycles. The van der Waals surface area contributed by atoms with Crippen molar-refractivity contribution in [2.24, 2.45) is 0 Å². The van der Waals surface area contributed by atoms with Crippen LogP contribution < -0.4 is 10.1 Å². The van der Waals surface area contributed by atoms with E-state index in [1.165, 1.54) is 6.33 Å². The van der Waals surface area contributed by atoms with Crippen LogP contribution >= 0.6 is 0 Å². The number of amides is 1. The van der Waals surface area contributed by atoms with E-state index in [9.17, 15) is 4.79 Å². The van der Waals surface area contributed by atoms with E-state index >= 15 is 0 Å². The van der Waals surface area contributed by atoms with Gasteiger partial charge in [-0.15, -0.1) is 0 Å². The second kappa shape index (κ2) is 8.05. The number of pyridine rings is 1. The quantitative estimate of drug-likeness (QED) is 0.715. The van der Waals surface area contributed by atoms with E-state index in [4.69, 9.17) is 4.74 Å². The highest BCUT2D eigenvalue weighted by molar-refractivity contribution is 5.96. The summed E-state index contributed by atoms with van der Waals surface area (Å²) >= 11 is 0. The van der Waals surface area contributed by atoms with Gasteiger partial charge in [-0.25, -0.2) is 9.97 Å². The normalized spacial score (nSPS) is 11.7. The van der Waals surface area contributed by atoms with Gasteiger partial charge in [0.25, 0.3) is 5.91 Å². The van der Waals surface area contributed by atoms with Crippen molar-refractivity contribution < 1.29 is 9.53 Å². The average molecular weight is 337 g/mol. The van der Waals surface area contributed by atoms with Gasteiger partial charge in [0.2, 0.25) is 5.88 Å². The van der Waals surface area contributed by atoms with Crippen LogP contribution in [-0.2, 0) is 6.54 Å². The molecule has 1 atom stereocenters. The number of hydrogen-bond acceptors (Lipinski definition) is 5. The Morgan fingerprint density at radius 1 is 1.24 bits per heavy atom. The van der Waals surface area contributed by atoms with Crippen molar-refractivity contribution in [3.63, 3.8) is 0 Å². The zero-order chi connectivity index (χ0) is 17.5. The number of aromatic nitrogens is 4. The zero-order valence-electron chi connectivity index (χ0n) is 13.9. The Morgan fingerprint density at radius 2 is 2.08 bits per heavy atom. The minimum absolute atomic E-state index is 0.245. The van der Waals surface area contributed by atoms with E-state index in [1.54, 1.807) is 29.3 Å². The lowest BCUT2D eigenvalue weighted by molar-refractivity contribution is 0.0927. The Kier molecular flexibility index (Phi) is 5.36. The fraction of sp³-hybridized carbons (Fsp3) is 0.222. The maximum atomic E-state index is 12.8.